The van der Waals surface area contributed by atoms with Gasteiger partial charge in [-0.3, -0.25) is 4.79 Å². The van der Waals surface area contributed by atoms with Crippen molar-refractivity contribution in [1.82, 2.24) is 4.90 Å². The third-order valence-corrected chi connectivity index (χ3v) is 4.89. The van der Waals surface area contributed by atoms with Crippen molar-refractivity contribution in [3.05, 3.63) is 29.8 Å². The first-order chi connectivity index (χ1) is 10.7. The van der Waals surface area contributed by atoms with Gasteiger partial charge < -0.3 is 9.64 Å². The monoisotopic (exact) mass is 303 g/mol. The van der Waals surface area contributed by atoms with Gasteiger partial charge in [0.2, 0.25) is 5.91 Å². The van der Waals surface area contributed by atoms with E-state index in [1.165, 1.54) is 32.1 Å². The van der Waals surface area contributed by atoms with Gasteiger partial charge in [-0.2, -0.15) is 0 Å². The molecule has 2 rings (SSSR count). The van der Waals surface area contributed by atoms with Crippen LogP contribution in [0.25, 0.3) is 0 Å². The molecular weight excluding hydrogens is 274 g/mol. The van der Waals surface area contributed by atoms with Crippen molar-refractivity contribution >= 4 is 5.91 Å². The van der Waals surface area contributed by atoms with Gasteiger partial charge in [0, 0.05) is 13.0 Å². The largest absolute Gasteiger partial charge is 0.497 e. The number of methoxy groups -OCH3 is 1. The number of hydrogen-bond acceptors (Lipinski definition) is 2. The SMILES string of the molecule is CCN(C(=O)CC1CCCCC1)C(C)c1cccc(OC)c1. The lowest BCUT2D eigenvalue weighted by Gasteiger charge is -2.31. The first-order valence-electron chi connectivity index (χ1n) is 8.59. The number of hydrogen-bond donors (Lipinski definition) is 0. The van der Waals surface area contributed by atoms with Crippen LogP contribution < -0.4 is 4.74 Å². The van der Waals surface area contributed by atoms with Crippen molar-refractivity contribution in [3.8, 4) is 5.75 Å². The summed E-state index contributed by atoms with van der Waals surface area (Å²) in [5, 5.41) is 0. The predicted molar refractivity (Wildman–Crippen MR) is 90.0 cm³/mol. The molecule has 0 aromatic heterocycles. The normalized spacial score (nSPS) is 17.0. The summed E-state index contributed by atoms with van der Waals surface area (Å²) in [4.78, 5) is 14.7. The second kappa shape index (κ2) is 8.21. The highest BCUT2D eigenvalue weighted by atomic mass is 16.5. The molecule has 1 aromatic carbocycles. The van der Waals surface area contributed by atoms with E-state index in [2.05, 4.69) is 19.9 Å². The summed E-state index contributed by atoms with van der Waals surface area (Å²) in [6.45, 7) is 4.93. The summed E-state index contributed by atoms with van der Waals surface area (Å²) in [6.07, 6.45) is 7.06. The molecule has 0 bridgehead atoms. The van der Waals surface area contributed by atoms with Gasteiger partial charge in [-0.1, -0.05) is 31.4 Å². The third kappa shape index (κ3) is 4.25. The molecule has 0 aliphatic heterocycles. The number of nitrogens with zero attached hydrogens (tertiary/aromatic N) is 1. The van der Waals surface area contributed by atoms with E-state index in [1.54, 1.807) is 7.11 Å². The molecule has 1 saturated carbocycles. The van der Waals surface area contributed by atoms with Crippen LogP contribution in [-0.4, -0.2) is 24.5 Å². The Labute approximate surface area is 134 Å². The number of benzene rings is 1. The molecule has 1 fully saturated rings. The van der Waals surface area contributed by atoms with Gasteiger partial charge in [0.15, 0.2) is 0 Å². The van der Waals surface area contributed by atoms with Crippen LogP contribution in [0.2, 0.25) is 0 Å². The maximum absolute atomic E-state index is 12.7. The summed E-state index contributed by atoms with van der Waals surface area (Å²) in [5.41, 5.74) is 1.14. The van der Waals surface area contributed by atoms with Gasteiger partial charge in [0.05, 0.1) is 13.2 Å². The Bertz CT molecular complexity index is 480. The van der Waals surface area contributed by atoms with E-state index in [-0.39, 0.29) is 6.04 Å². The Morgan fingerprint density at radius 1 is 1.32 bits per heavy atom. The zero-order chi connectivity index (χ0) is 15.9. The average molecular weight is 303 g/mol. The minimum absolute atomic E-state index is 0.0937. The highest BCUT2D eigenvalue weighted by Crippen LogP contribution is 2.29. The molecule has 1 unspecified atom stereocenters. The van der Waals surface area contributed by atoms with Crippen molar-refractivity contribution in [1.29, 1.82) is 0 Å². The van der Waals surface area contributed by atoms with Crippen LogP contribution in [-0.2, 0) is 4.79 Å². The van der Waals surface area contributed by atoms with Gasteiger partial charge in [-0.25, -0.2) is 0 Å². The van der Waals surface area contributed by atoms with Gasteiger partial charge in [-0.15, -0.1) is 0 Å². The van der Waals surface area contributed by atoms with E-state index in [1.807, 2.05) is 23.1 Å². The fourth-order valence-corrected chi connectivity index (χ4v) is 3.50. The summed E-state index contributed by atoms with van der Waals surface area (Å²) in [7, 11) is 1.68. The number of carbonyl (C=O) groups excluding carboxylic acids is 1. The molecule has 122 valence electrons. The van der Waals surface area contributed by atoms with Crippen LogP contribution >= 0.6 is 0 Å². The standard InChI is InChI=1S/C19H29NO2/c1-4-20(19(21)13-16-9-6-5-7-10-16)15(2)17-11-8-12-18(14-17)22-3/h8,11-12,14-16H,4-7,9-10,13H2,1-3H3. The molecule has 3 nitrogen and oxygen atoms in total. The van der Waals surface area contributed by atoms with E-state index < -0.39 is 0 Å². The second-order valence-electron chi connectivity index (χ2n) is 6.34. The molecule has 1 aromatic rings. The van der Waals surface area contributed by atoms with E-state index in [0.29, 0.717) is 18.2 Å². The van der Waals surface area contributed by atoms with Crippen LogP contribution in [0.5, 0.6) is 5.75 Å². The molecule has 22 heavy (non-hydrogen) atoms. The first kappa shape index (κ1) is 16.9. The summed E-state index contributed by atoms with van der Waals surface area (Å²) < 4.78 is 5.30. The van der Waals surface area contributed by atoms with Crippen LogP contribution in [0.4, 0.5) is 0 Å². The topological polar surface area (TPSA) is 29.5 Å². The smallest absolute Gasteiger partial charge is 0.223 e. The van der Waals surface area contributed by atoms with Crippen molar-refractivity contribution in [2.24, 2.45) is 5.92 Å². The minimum Gasteiger partial charge on any atom is -0.497 e. The van der Waals surface area contributed by atoms with Gasteiger partial charge in [-0.05, 0) is 50.3 Å². The van der Waals surface area contributed by atoms with Crippen LogP contribution in [0, 0.1) is 5.92 Å². The van der Waals surface area contributed by atoms with E-state index in [4.69, 9.17) is 4.74 Å². The van der Waals surface area contributed by atoms with Crippen molar-refractivity contribution in [3.63, 3.8) is 0 Å². The molecule has 3 heteroatoms. The van der Waals surface area contributed by atoms with Crippen LogP contribution in [0.1, 0.15) is 64.0 Å². The Kier molecular flexibility index (Phi) is 6.29. The van der Waals surface area contributed by atoms with E-state index in [9.17, 15) is 4.79 Å². The molecule has 1 amide bonds. The van der Waals surface area contributed by atoms with E-state index >= 15 is 0 Å². The second-order valence-corrected chi connectivity index (χ2v) is 6.34. The van der Waals surface area contributed by atoms with Gasteiger partial charge in [0.25, 0.3) is 0 Å². The minimum atomic E-state index is 0.0937. The number of rotatable bonds is 6. The molecule has 0 saturated heterocycles. The zero-order valence-electron chi connectivity index (χ0n) is 14.2. The molecule has 0 radical (unpaired) electrons. The molecular formula is C19H29NO2. The lowest BCUT2D eigenvalue weighted by Crippen LogP contribution is -2.34. The maximum Gasteiger partial charge on any atom is 0.223 e. The molecule has 1 aliphatic rings. The average Bonchev–Trinajstić information content (AvgIpc) is 2.56. The Morgan fingerprint density at radius 3 is 2.68 bits per heavy atom. The Balaban J connectivity index is 2.03. The van der Waals surface area contributed by atoms with Gasteiger partial charge >= 0.3 is 0 Å². The molecule has 1 aliphatic carbocycles. The van der Waals surface area contributed by atoms with E-state index in [0.717, 1.165) is 17.9 Å². The number of ether oxygens (including phenoxy) is 1. The van der Waals surface area contributed by atoms with Crippen LogP contribution in [0.3, 0.4) is 0 Å². The fraction of sp³-hybridized carbons (Fsp3) is 0.632. The highest BCUT2D eigenvalue weighted by Gasteiger charge is 2.24. The summed E-state index contributed by atoms with van der Waals surface area (Å²) >= 11 is 0. The first-order valence-corrected chi connectivity index (χ1v) is 8.59. The maximum atomic E-state index is 12.7. The van der Waals surface area contributed by atoms with Crippen molar-refractivity contribution in [2.45, 2.75) is 58.4 Å². The van der Waals surface area contributed by atoms with Crippen LogP contribution in [0.15, 0.2) is 24.3 Å². The summed E-state index contributed by atoms with van der Waals surface area (Å²) in [5.74, 6) is 1.73. The fourth-order valence-electron chi connectivity index (χ4n) is 3.50. The lowest BCUT2D eigenvalue weighted by molar-refractivity contribution is -0.134. The van der Waals surface area contributed by atoms with Crippen molar-refractivity contribution < 1.29 is 9.53 Å². The van der Waals surface area contributed by atoms with Crippen molar-refractivity contribution in [2.75, 3.05) is 13.7 Å². The molecule has 0 spiro atoms. The molecule has 1 atom stereocenters. The van der Waals surface area contributed by atoms with Gasteiger partial charge in [0.1, 0.15) is 5.75 Å². The lowest BCUT2D eigenvalue weighted by atomic mass is 9.86. The third-order valence-electron chi connectivity index (χ3n) is 4.89. The quantitative estimate of drug-likeness (QED) is 0.770. The summed E-state index contributed by atoms with van der Waals surface area (Å²) in [6, 6.07) is 8.13. The molecule has 0 N–H and O–H groups in total. The number of amides is 1. The Morgan fingerprint density at radius 2 is 2.05 bits per heavy atom. The number of carbonyl (C=O) groups is 1. The Hall–Kier alpha value is -1.51. The predicted octanol–water partition coefficient (Wildman–Crippen LogP) is 4.58. The zero-order valence-corrected chi connectivity index (χ0v) is 14.2. The highest BCUT2D eigenvalue weighted by molar-refractivity contribution is 5.77. The molecule has 0 heterocycles.